The van der Waals surface area contributed by atoms with Gasteiger partial charge in [0.2, 0.25) is 0 Å². The third-order valence-corrected chi connectivity index (χ3v) is 5.80. The van der Waals surface area contributed by atoms with Crippen molar-refractivity contribution in [1.82, 2.24) is 5.32 Å². The van der Waals surface area contributed by atoms with E-state index in [1.165, 1.54) is 23.9 Å². The number of piperidine rings is 1. The van der Waals surface area contributed by atoms with Crippen LogP contribution in [0.2, 0.25) is 0 Å². The molecule has 0 amide bonds. The highest BCUT2D eigenvalue weighted by Crippen LogP contribution is 2.42. The molecular formula is C21H25N3O. The van der Waals surface area contributed by atoms with Crippen molar-refractivity contribution < 1.29 is 5.11 Å². The van der Waals surface area contributed by atoms with E-state index < -0.39 is 0 Å². The molecule has 4 heteroatoms. The number of aliphatic hydroxyl groups is 1. The van der Waals surface area contributed by atoms with Crippen LogP contribution in [-0.2, 0) is 0 Å². The van der Waals surface area contributed by atoms with Gasteiger partial charge in [-0.05, 0) is 50.8 Å². The Hall–Kier alpha value is -2.09. The summed E-state index contributed by atoms with van der Waals surface area (Å²) in [5.41, 5.74) is 2.04. The lowest BCUT2D eigenvalue weighted by Gasteiger charge is -2.41. The van der Waals surface area contributed by atoms with E-state index in [0.29, 0.717) is 18.1 Å². The second kappa shape index (κ2) is 7.03. The van der Waals surface area contributed by atoms with Gasteiger partial charge in [0, 0.05) is 41.2 Å². The third kappa shape index (κ3) is 2.99. The van der Waals surface area contributed by atoms with E-state index in [9.17, 15) is 5.26 Å². The summed E-state index contributed by atoms with van der Waals surface area (Å²) in [5.74, 6) is 0. The molecule has 2 bridgehead atoms. The molecule has 2 aliphatic heterocycles. The van der Waals surface area contributed by atoms with Gasteiger partial charge >= 0.3 is 0 Å². The highest BCUT2D eigenvalue weighted by Gasteiger charge is 2.41. The molecule has 4 rings (SSSR count). The molecule has 0 radical (unpaired) electrons. The number of hydrogen-bond donors (Lipinski definition) is 2. The Morgan fingerprint density at radius 3 is 2.48 bits per heavy atom. The highest BCUT2D eigenvalue weighted by atomic mass is 16.3. The van der Waals surface area contributed by atoms with Crippen LogP contribution in [0.25, 0.3) is 10.8 Å². The van der Waals surface area contributed by atoms with E-state index >= 15 is 0 Å². The molecule has 2 aliphatic rings. The first-order valence-corrected chi connectivity index (χ1v) is 9.36. The van der Waals surface area contributed by atoms with Crippen LogP contribution >= 0.6 is 0 Å². The molecule has 2 heterocycles. The zero-order chi connectivity index (χ0) is 17.2. The number of benzene rings is 2. The fraction of sp³-hybridized carbons (Fsp3) is 0.476. The number of anilines is 1. The van der Waals surface area contributed by atoms with Crippen molar-refractivity contribution in [3.05, 3.63) is 42.0 Å². The summed E-state index contributed by atoms with van der Waals surface area (Å²) in [6.07, 6.45) is 5.65. The van der Waals surface area contributed by atoms with E-state index in [2.05, 4.69) is 40.6 Å². The Balaban J connectivity index is 1.62. The maximum absolute atomic E-state index is 9.40. The SMILES string of the molecule is N#Cc1ccc(N2C3CCC2CC(NCCCO)C3)c2ccccc12. The molecule has 2 atom stereocenters. The van der Waals surface area contributed by atoms with Crippen molar-refractivity contribution in [2.24, 2.45) is 0 Å². The third-order valence-electron chi connectivity index (χ3n) is 5.80. The van der Waals surface area contributed by atoms with E-state index in [1.54, 1.807) is 0 Å². The molecule has 0 aliphatic carbocycles. The van der Waals surface area contributed by atoms with Gasteiger partial charge in [-0.25, -0.2) is 0 Å². The van der Waals surface area contributed by atoms with Gasteiger partial charge in [-0.2, -0.15) is 5.26 Å². The summed E-state index contributed by atoms with van der Waals surface area (Å²) < 4.78 is 0. The van der Waals surface area contributed by atoms with E-state index in [0.717, 1.165) is 36.8 Å². The van der Waals surface area contributed by atoms with Crippen LogP contribution in [0.1, 0.15) is 37.7 Å². The molecule has 130 valence electrons. The van der Waals surface area contributed by atoms with Gasteiger partial charge in [0.15, 0.2) is 0 Å². The zero-order valence-electron chi connectivity index (χ0n) is 14.5. The number of aliphatic hydroxyl groups excluding tert-OH is 1. The zero-order valence-corrected chi connectivity index (χ0v) is 14.5. The first kappa shape index (κ1) is 16.4. The summed E-state index contributed by atoms with van der Waals surface area (Å²) in [6, 6.07) is 16.4. The lowest BCUT2D eigenvalue weighted by atomic mass is 9.94. The average Bonchev–Trinajstić information content (AvgIpc) is 2.91. The summed E-state index contributed by atoms with van der Waals surface area (Å²) in [5, 5.41) is 24.3. The summed E-state index contributed by atoms with van der Waals surface area (Å²) in [6.45, 7) is 1.16. The molecule has 2 N–H and O–H groups in total. The van der Waals surface area contributed by atoms with Crippen LogP contribution in [0.15, 0.2) is 36.4 Å². The predicted molar refractivity (Wildman–Crippen MR) is 101 cm³/mol. The molecule has 2 aromatic rings. The largest absolute Gasteiger partial charge is 0.396 e. The second-order valence-electron chi connectivity index (χ2n) is 7.28. The van der Waals surface area contributed by atoms with Gasteiger partial charge in [0.05, 0.1) is 11.6 Å². The molecule has 2 saturated heterocycles. The maximum Gasteiger partial charge on any atom is 0.0998 e. The Morgan fingerprint density at radius 2 is 1.80 bits per heavy atom. The maximum atomic E-state index is 9.40. The van der Waals surface area contributed by atoms with Crippen molar-refractivity contribution in [2.75, 3.05) is 18.1 Å². The van der Waals surface area contributed by atoms with Crippen molar-refractivity contribution in [2.45, 2.75) is 50.2 Å². The standard InChI is InChI=1S/C21H25N3O/c22-14-15-6-9-21(20-5-2-1-4-19(15)20)24-17-7-8-18(24)13-16(12-17)23-10-3-11-25/h1-2,4-6,9,16-18,23,25H,3,7-8,10-13H2. The molecule has 0 saturated carbocycles. The Morgan fingerprint density at radius 1 is 1.08 bits per heavy atom. The smallest absolute Gasteiger partial charge is 0.0998 e. The number of nitrogens with one attached hydrogen (secondary N) is 1. The Labute approximate surface area is 149 Å². The van der Waals surface area contributed by atoms with Gasteiger partial charge in [-0.15, -0.1) is 0 Å². The minimum atomic E-state index is 0.260. The molecule has 4 nitrogen and oxygen atoms in total. The summed E-state index contributed by atoms with van der Waals surface area (Å²) >= 11 is 0. The molecule has 2 unspecified atom stereocenters. The summed E-state index contributed by atoms with van der Waals surface area (Å²) in [7, 11) is 0. The predicted octanol–water partition coefficient (Wildman–Crippen LogP) is 3.18. The number of nitriles is 1. The lowest BCUT2D eigenvalue weighted by Crippen LogP contribution is -2.49. The molecule has 25 heavy (non-hydrogen) atoms. The fourth-order valence-electron chi connectivity index (χ4n) is 4.73. The van der Waals surface area contributed by atoms with Crippen molar-refractivity contribution in [1.29, 1.82) is 5.26 Å². The molecule has 2 fully saturated rings. The highest BCUT2D eigenvalue weighted by molar-refractivity contribution is 5.98. The normalized spacial score (nSPS) is 25.3. The first-order valence-electron chi connectivity index (χ1n) is 9.36. The van der Waals surface area contributed by atoms with Crippen LogP contribution in [0.4, 0.5) is 5.69 Å². The summed E-state index contributed by atoms with van der Waals surface area (Å²) in [4.78, 5) is 2.62. The monoisotopic (exact) mass is 335 g/mol. The van der Waals surface area contributed by atoms with Crippen molar-refractivity contribution in [3.8, 4) is 6.07 Å². The quantitative estimate of drug-likeness (QED) is 0.824. The molecule has 0 spiro atoms. The second-order valence-corrected chi connectivity index (χ2v) is 7.28. The minimum absolute atomic E-state index is 0.260. The van der Waals surface area contributed by atoms with Crippen LogP contribution < -0.4 is 10.2 Å². The molecular weight excluding hydrogens is 310 g/mol. The van der Waals surface area contributed by atoms with E-state index in [4.69, 9.17) is 5.11 Å². The Bertz CT molecular complexity index is 783. The van der Waals surface area contributed by atoms with Crippen LogP contribution in [-0.4, -0.2) is 36.4 Å². The van der Waals surface area contributed by atoms with Gasteiger partial charge < -0.3 is 15.3 Å². The molecule has 0 aromatic heterocycles. The number of nitrogens with zero attached hydrogens (tertiary/aromatic N) is 2. The van der Waals surface area contributed by atoms with Crippen LogP contribution in [0.5, 0.6) is 0 Å². The number of rotatable bonds is 5. The average molecular weight is 335 g/mol. The van der Waals surface area contributed by atoms with Gasteiger partial charge in [-0.3, -0.25) is 0 Å². The van der Waals surface area contributed by atoms with Crippen LogP contribution in [0, 0.1) is 11.3 Å². The van der Waals surface area contributed by atoms with Gasteiger partial charge in [0.1, 0.15) is 0 Å². The number of hydrogen-bond acceptors (Lipinski definition) is 4. The lowest BCUT2D eigenvalue weighted by molar-refractivity contribution is 0.276. The fourth-order valence-corrected chi connectivity index (χ4v) is 4.73. The minimum Gasteiger partial charge on any atom is -0.396 e. The van der Waals surface area contributed by atoms with Gasteiger partial charge in [-0.1, -0.05) is 24.3 Å². The van der Waals surface area contributed by atoms with Crippen LogP contribution in [0.3, 0.4) is 0 Å². The van der Waals surface area contributed by atoms with Gasteiger partial charge in [0.25, 0.3) is 0 Å². The molecule has 2 aromatic carbocycles. The van der Waals surface area contributed by atoms with E-state index in [1.807, 2.05) is 12.1 Å². The van der Waals surface area contributed by atoms with E-state index in [-0.39, 0.29) is 6.61 Å². The van der Waals surface area contributed by atoms with Crippen molar-refractivity contribution >= 4 is 16.5 Å². The number of fused-ring (bicyclic) bond motifs is 3. The topological polar surface area (TPSA) is 59.3 Å². The Kier molecular flexibility index (Phi) is 4.61. The van der Waals surface area contributed by atoms with Crippen molar-refractivity contribution in [3.63, 3.8) is 0 Å². The first-order chi connectivity index (χ1) is 12.3.